The summed E-state index contributed by atoms with van der Waals surface area (Å²) < 4.78 is 39.5. The Balaban J connectivity index is 1.75. The Bertz CT molecular complexity index is 1190. The smallest absolute Gasteiger partial charge is 0.297 e. The van der Waals surface area contributed by atoms with Crippen molar-refractivity contribution in [2.45, 2.75) is 25.4 Å². The van der Waals surface area contributed by atoms with Crippen LogP contribution < -0.4 is 5.32 Å². The van der Waals surface area contributed by atoms with Crippen LogP contribution >= 0.6 is 22.9 Å². The quantitative estimate of drug-likeness (QED) is 0.436. The van der Waals surface area contributed by atoms with Crippen LogP contribution in [0.15, 0.2) is 65.1 Å². The zero-order valence-corrected chi connectivity index (χ0v) is 18.8. The molecule has 166 valence electrons. The number of benzene rings is 2. The molecule has 0 fully saturated rings. The first-order valence-electron chi connectivity index (χ1n) is 9.74. The summed E-state index contributed by atoms with van der Waals surface area (Å²) in [5.74, 6) is 0. The SMILES string of the molecule is Cc1ccsc1NC(=O)N1CC(C)(c2ccccc2)C(c2ccc(C(F)(F)F)c(Cl)c2)=N1. The van der Waals surface area contributed by atoms with E-state index in [-0.39, 0.29) is 6.54 Å². The summed E-state index contributed by atoms with van der Waals surface area (Å²) in [6.45, 7) is 4.03. The second-order valence-corrected chi connectivity index (χ2v) is 9.08. The molecule has 2 heterocycles. The van der Waals surface area contributed by atoms with Gasteiger partial charge in [-0.2, -0.15) is 18.3 Å². The molecule has 4 rings (SSSR count). The Kier molecular flexibility index (Phi) is 5.77. The number of amides is 2. The molecular formula is C23H19ClF3N3OS. The van der Waals surface area contributed by atoms with E-state index in [1.807, 2.05) is 55.6 Å². The number of carbonyl (C=O) groups excluding carboxylic acids is 1. The first-order chi connectivity index (χ1) is 15.1. The highest BCUT2D eigenvalue weighted by Gasteiger charge is 2.43. The van der Waals surface area contributed by atoms with E-state index in [0.717, 1.165) is 22.2 Å². The lowest BCUT2D eigenvalue weighted by Crippen LogP contribution is -2.38. The van der Waals surface area contributed by atoms with Gasteiger partial charge in [-0.15, -0.1) is 11.3 Å². The van der Waals surface area contributed by atoms with Crippen molar-refractivity contribution in [3.63, 3.8) is 0 Å². The molecule has 2 aromatic carbocycles. The fraction of sp³-hybridized carbons (Fsp3) is 0.217. The van der Waals surface area contributed by atoms with E-state index in [4.69, 9.17) is 11.6 Å². The predicted octanol–water partition coefficient (Wildman–Crippen LogP) is 6.94. The van der Waals surface area contributed by atoms with Crippen LogP contribution in [0.4, 0.5) is 23.0 Å². The predicted molar refractivity (Wildman–Crippen MR) is 122 cm³/mol. The third-order valence-corrected chi connectivity index (χ3v) is 6.73. The zero-order chi connectivity index (χ0) is 23.1. The van der Waals surface area contributed by atoms with E-state index in [1.54, 1.807) is 0 Å². The third-order valence-electron chi connectivity index (χ3n) is 5.49. The zero-order valence-electron chi connectivity index (χ0n) is 17.2. The Morgan fingerprint density at radius 1 is 1.19 bits per heavy atom. The van der Waals surface area contributed by atoms with Gasteiger partial charge in [-0.1, -0.05) is 48.0 Å². The molecule has 0 spiro atoms. The molecule has 3 aromatic rings. The number of alkyl halides is 3. The molecule has 0 saturated carbocycles. The van der Waals surface area contributed by atoms with Crippen LogP contribution in [0.3, 0.4) is 0 Å². The first-order valence-corrected chi connectivity index (χ1v) is 11.0. The summed E-state index contributed by atoms with van der Waals surface area (Å²) in [4.78, 5) is 13.0. The molecule has 0 aliphatic carbocycles. The maximum atomic E-state index is 13.2. The number of hydrogen-bond acceptors (Lipinski definition) is 3. The Hall–Kier alpha value is -2.84. The molecular weight excluding hydrogens is 459 g/mol. The van der Waals surface area contributed by atoms with Crippen LogP contribution in [0, 0.1) is 6.92 Å². The van der Waals surface area contributed by atoms with Crippen molar-refractivity contribution in [1.82, 2.24) is 5.01 Å². The van der Waals surface area contributed by atoms with Crippen LogP contribution in [0.2, 0.25) is 5.02 Å². The van der Waals surface area contributed by atoms with Crippen molar-refractivity contribution >= 4 is 39.7 Å². The lowest BCUT2D eigenvalue weighted by atomic mass is 9.76. The molecule has 2 amide bonds. The highest BCUT2D eigenvalue weighted by atomic mass is 35.5. The van der Waals surface area contributed by atoms with Crippen molar-refractivity contribution in [1.29, 1.82) is 0 Å². The Morgan fingerprint density at radius 2 is 1.91 bits per heavy atom. The van der Waals surface area contributed by atoms with E-state index >= 15 is 0 Å². The summed E-state index contributed by atoms with van der Waals surface area (Å²) in [6.07, 6.45) is -4.56. The van der Waals surface area contributed by atoms with Crippen LogP contribution in [0.25, 0.3) is 0 Å². The van der Waals surface area contributed by atoms with Gasteiger partial charge in [0.05, 0.1) is 33.3 Å². The number of halogens is 4. The highest BCUT2D eigenvalue weighted by Crippen LogP contribution is 2.39. The van der Waals surface area contributed by atoms with Gasteiger partial charge in [0, 0.05) is 5.56 Å². The van der Waals surface area contributed by atoms with Gasteiger partial charge < -0.3 is 0 Å². The molecule has 1 N–H and O–H groups in total. The second kappa shape index (κ2) is 8.26. The number of hydrazone groups is 1. The van der Waals surface area contributed by atoms with E-state index in [0.29, 0.717) is 11.3 Å². The molecule has 0 radical (unpaired) electrons. The van der Waals surface area contributed by atoms with Crippen LogP contribution in [-0.4, -0.2) is 23.3 Å². The number of aryl methyl sites for hydroxylation is 1. The van der Waals surface area contributed by atoms with E-state index in [2.05, 4.69) is 10.4 Å². The highest BCUT2D eigenvalue weighted by molar-refractivity contribution is 7.14. The van der Waals surface area contributed by atoms with Gasteiger partial charge in [0.15, 0.2) is 0 Å². The minimum Gasteiger partial charge on any atom is -0.297 e. The van der Waals surface area contributed by atoms with Crippen molar-refractivity contribution < 1.29 is 18.0 Å². The molecule has 1 aliphatic rings. The average Bonchev–Trinajstić information content (AvgIpc) is 3.31. The number of nitrogens with one attached hydrogen (secondary N) is 1. The van der Waals surface area contributed by atoms with E-state index in [1.165, 1.54) is 28.5 Å². The van der Waals surface area contributed by atoms with Crippen molar-refractivity contribution in [2.75, 3.05) is 11.9 Å². The number of hydrogen-bond donors (Lipinski definition) is 1. The lowest BCUT2D eigenvalue weighted by Gasteiger charge is -2.27. The second-order valence-electron chi connectivity index (χ2n) is 7.76. The van der Waals surface area contributed by atoms with Crippen LogP contribution in [0.5, 0.6) is 0 Å². The van der Waals surface area contributed by atoms with Crippen molar-refractivity contribution in [3.05, 3.63) is 87.3 Å². The monoisotopic (exact) mass is 477 g/mol. The largest absolute Gasteiger partial charge is 0.417 e. The first kappa shape index (κ1) is 22.4. The van der Waals surface area contributed by atoms with E-state index < -0.39 is 28.2 Å². The lowest BCUT2D eigenvalue weighted by molar-refractivity contribution is -0.137. The summed E-state index contributed by atoms with van der Waals surface area (Å²) in [7, 11) is 0. The Morgan fingerprint density at radius 3 is 2.50 bits per heavy atom. The maximum Gasteiger partial charge on any atom is 0.417 e. The van der Waals surface area contributed by atoms with Crippen molar-refractivity contribution in [3.8, 4) is 0 Å². The van der Waals surface area contributed by atoms with Gasteiger partial charge in [-0.3, -0.25) is 5.32 Å². The number of anilines is 1. The molecule has 1 atom stereocenters. The Labute approximate surface area is 192 Å². The summed E-state index contributed by atoms with van der Waals surface area (Å²) in [5, 5.41) is 10.9. The minimum absolute atomic E-state index is 0.223. The van der Waals surface area contributed by atoms with Gasteiger partial charge in [-0.25, -0.2) is 9.80 Å². The molecule has 1 aliphatic heterocycles. The molecule has 1 unspecified atom stereocenters. The molecule has 0 bridgehead atoms. The van der Waals surface area contributed by atoms with Gasteiger partial charge in [0.25, 0.3) is 0 Å². The standard InChI is InChI=1S/C23H19ClF3N3OS/c1-14-10-11-32-20(14)28-21(31)30-13-22(2,16-6-4-3-5-7-16)19(29-30)15-8-9-17(18(24)12-15)23(25,26)27/h3-12H,13H2,1-2H3,(H,28,31). The normalized spacial score (nSPS) is 18.6. The molecule has 9 heteroatoms. The van der Waals surface area contributed by atoms with Gasteiger partial charge in [0.2, 0.25) is 0 Å². The fourth-order valence-corrected chi connectivity index (χ4v) is 4.82. The molecule has 1 aromatic heterocycles. The molecule has 0 saturated heterocycles. The number of thiophene rings is 1. The van der Waals surface area contributed by atoms with Gasteiger partial charge >= 0.3 is 12.2 Å². The van der Waals surface area contributed by atoms with Gasteiger partial charge in [-0.05, 0) is 48.6 Å². The number of carbonyl (C=O) groups is 1. The third kappa shape index (κ3) is 4.12. The van der Waals surface area contributed by atoms with E-state index in [9.17, 15) is 18.0 Å². The van der Waals surface area contributed by atoms with Crippen LogP contribution in [-0.2, 0) is 11.6 Å². The number of rotatable bonds is 3. The summed E-state index contributed by atoms with van der Waals surface area (Å²) >= 11 is 7.38. The minimum atomic E-state index is -4.56. The average molecular weight is 478 g/mol. The summed E-state index contributed by atoms with van der Waals surface area (Å²) in [5.41, 5.74) is 1.07. The van der Waals surface area contributed by atoms with Crippen LogP contribution in [0.1, 0.15) is 29.2 Å². The topological polar surface area (TPSA) is 44.7 Å². The maximum absolute atomic E-state index is 13.2. The molecule has 32 heavy (non-hydrogen) atoms. The van der Waals surface area contributed by atoms with Crippen molar-refractivity contribution in [2.24, 2.45) is 5.10 Å². The van der Waals surface area contributed by atoms with Gasteiger partial charge in [0.1, 0.15) is 0 Å². The number of nitrogens with zero attached hydrogens (tertiary/aromatic N) is 2. The fourth-order valence-electron chi connectivity index (χ4n) is 3.72. The summed E-state index contributed by atoms with van der Waals surface area (Å²) in [6, 6.07) is 14.5. The molecule has 4 nitrogen and oxygen atoms in total. The number of urea groups is 1.